The summed E-state index contributed by atoms with van der Waals surface area (Å²) in [5.74, 6) is -1.37. The van der Waals surface area contributed by atoms with Gasteiger partial charge in [-0.15, -0.1) is 0 Å². The number of hydrogen-bond acceptors (Lipinski definition) is 0. The van der Waals surface area contributed by atoms with Gasteiger partial charge in [-0.1, -0.05) is 13.8 Å². The predicted octanol–water partition coefficient (Wildman–Crippen LogP) is 3.71. The van der Waals surface area contributed by atoms with Crippen molar-refractivity contribution >= 4 is 0 Å². The first-order valence-electron chi connectivity index (χ1n) is 5.82. The Morgan fingerprint density at radius 3 is 1.93 bits per heavy atom. The molecule has 3 saturated carbocycles. The van der Waals surface area contributed by atoms with E-state index in [1.165, 1.54) is 12.8 Å². The molecule has 0 aromatic heterocycles. The maximum Gasteiger partial charge on any atom is 0.254 e. The van der Waals surface area contributed by atoms with E-state index >= 15 is 0 Å². The Bertz CT molecular complexity index is 251. The van der Waals surface area contributed by atoms with Crippen LogP contribution < -0.4 is 0 Å². The fourth-order valence-electron chi connectivity index (χ4n) is 3.58. The van der Waals surface area contributed by atoms with Crippen molar-refractivity contribution < 1.29 is 8.78 Å². The zero-order valence-corrected chi connectivity index (χ0v) is 8.89. The average Bonchev–Trinajstić information content (AvgIpc) is 2.92. The van der Waals surface area contributed by atoms with Gasteiger partial charge in [-0.2, -0.15) is 0 Å². The quantitative estimate of drug-likeness (QED) is 0.637. The third-order valence-corrected chi connectivity index (χ3v) is 5.12. The summed E-state index contributed by atoms with van der Waals surface area (Å²) in [6, 6.07) is 0. The Balaban J connectivity index is 1.68. The zero-order valence-electron chi connectivity index (χ0n) is 8.89. The number of fused-ring (bicyclic) bond motifs is 1. The largest absolute Gasteiger partial charge is 0.254 e. The minimum atomic E-state index is -2.28. The first-order valence-corrected chi connectivity index (χ1v) is 5.82. The van der Waals surface area contributed by atoms with E-state index in [9.17, 15) is 8.78 Å². The Labute approximate surface area is 84.1 Å². The van der Waals surface area contributed by atoms with E-state index in [1.807, 2.05) is 0 Å². The van der Waals surface area contributed by atoms with Gasteiger partial charge in [0, 0.05) is 11.8 Å². The van der Waals surface area contributed by atoms with Crippen LogP contribution in [-0.2, 0) is 0 Å². The Kier molecular flexibility index (Phi) is 1.52. The van der Waals surface area contributed by atoms with Crippen molar-refractivity contribution in [3.05, 3.63) is 0 Å². The van der Waals surface area contributed by atoms with Crippen LogP contribution in [0.25, 0.3) is 0 Å². The predicted molar refractivity (Wildman–Crippen MR) is 51.2 cm³/mol. The third-order valence-electron chi connectivity index (χ3n) is 5.12. The smallest absolute Gasteiger partial charge is 0.206 e. The van der Waals surface area contributed by atoms with Crippen LogP contribution >= 0.6 is 0 Å². The van der Waals surface area contributed by atoms with Crippen LogP contribution in [0.1, 0.15) is 39.5 Å². The molecule has 3 aliphatic carbocycles. The Hall–Kier alpha value is -0.140. The van der Waals surface area contributed by atoms with E-state index in [2.05, 4.69) is 13.8 Å². The van der Waals surface area contributed by atoms with Gasteiger partial charge in [0.15, 0.2) is 0 Å². The molecule has 2 atom stereocenters. The van der Waals surface area contributed by atoms with Gasteiger partial charge < -0.3 is 0 Å². The van der Waals surface area contributed by atoms with Crippen LogP contribution in [0.15, 0.2) is 0 Å². The summed E-state index contributed by atoms with van der Waals surface area (Å²) in [7, 11) is 0. The summed E-state index contributed by atoms with van der Waals surface area (Å²) in [5.41, 5.74) is 0.337. The fraction of sp³-hybridized carbons (Fsp3) is 1.00. The molecule has 2 heteroatoms. The van der Waals surface area contributed by atoms with E-state index in [-0.39, 0.29) is 11.8 Å². The van der Waals surface area contributed by atoms with Crippen LogP contribution in [0.3, 0.4) is 0 Å². The topological polar surface area (TPSA) is 0 Å². The molecule has 2 unspecified atom stereocenters. The molecule has 0 N–H and O–H groups in total. The van der Waals surface area contributed by atoms with Gasteiger partial charge in [0.1, 0.15) is 0 Å². The molecule has 3 rings (SSSR count). The van der Waals surface area contributed by atoms with Crippen LogP contribution in [-0.4, -0.2) is 5.92 Å². The highest BCUT2D eigenvalue weighted by atomic mass is 19.3. The van der Waals surface area contributed by atoms with E-state index in [4.69, 9.17) is 0 Å². The molecule has 0 radical (unpaired) electrons. The lowest BCUT2D eigenvalue weighted by Gasteiger charge is -2.33. The molecule has 0 aromatic rings. The molecule has 0 bridgehead atoms. The SMILES string of the molecule is CC(C)(C1CC1)C1CC2C(C1)C2(F)F. The molecule has 14 heavy (non-hydrogen) atoms. The van der Waals surface area contributed by atoms with Gasteiger partial charge >= 0.3 is 0 Å². The van der Waals surface area contributed by atoms with Crippen molar-refractivity contribution in [2.75, 3.05) is 0 Å². The van der Waals surface area contributed by atoms with E-state index in [0.29, 0.717) is 11.3 Å². The monoisotopic (exact) mass is 200 g/mol. The molecule has 3 fully saturated rings. The van der Waals surface area contributed by atoms with Crippen LogP contribution in [0.5, 0.6) is 0 Å². The summed E-state index contributed by atoms with van der Waals surface area (Å²) < 4.78 is 26.0. The molecule has 0 aromatic carbocycles. The van der Waals surface area contributed by atoms with E-state index < -0.39 is 5.92 Å². The van der Waals surface area contributed by atoms with Crippen LogP contribution in [0, 0.1) is 29.1 Å². The summed E-state index contributed by atoms with van der Waals surface area (Å²) in [4.78, 5) is 0. The van der Waals surface area contributed by atoms with Crippen molar-refractivity contribution in [3.8, 4) is 0 Å². The molecule has 0 saturated heterocycles. The second-order valence-corrected chi connectivity index (χ2v) is 6.15. The summed E-state index contributed by atoms with van der Waals surface area (Å²) >= 11 is 0. The average molecular weight is 200 g/mol. The summed E-state index contributed by atoms with van der Waals surface area (Å²) in [5, 5.41) is 0. The van der Waals surface area contributed by atoms with Crippen LogP contribution in [0.2, 0.25) is 0 Å². The van der Waals surface area contributed by atoms with E-state index in [0.717, 1.165) is 18.8 Å². The highest BCUT2D eigenvalue weighted by Crippen LogP contribution is 2.69. The number of halogens is 2. The van der Waals surface area contributed by atoms with Crippen molar-refractivity contribution in [1.82, 2.24) is 0 Å². The van der Waals surface area contributed by atoms with Gasteiger partial charge in [0.25, 0.3) is 5.92 Å². The highest BCUT2D eigenvalue weighted by Gasteiger charge is 2.72. The normalized spacial score (nSPS) is 45.0. The molecule has 0 aliphatic heterocycles. The van der Waals surface area contributed by atoms with Crippen LogP contribution in [0.4, 0.5) is 8.78 Å². The minimum Gasteiger partial charge on any atom is -0.206 e. The van der Waals surface area contributed by atoms with Crippen molar-refractivity contribution in [1.29, 1.82) is 0 Å². The number of hydrogen-bond donors (Lipinski definition) is 0. The van der Waals surface area contributed by atoms with Crippen molar-refractivity contribution in [2.45, 2.75) is 45.5 Å². The second kappa shape index (κ2) is 2.33. The third kappa shape index (κ3) is 1.03. The van der Waals surface area contributed by atoms with Gasteiger partial charge in [-0.25, -0.2) is 8.78 Å². The summed E-state index contributed by atoms with van der Waals surface area (Å²) in [6.07, 6.45) is 4.24. The van der Waals surface area contributed by atoms with Crippen molar-refractivity contribution in [3.63, 3.8) is 0 Å². The van der Waals surface area contributed by atoms with Crippen molar-refractivity contribution in [2.24, 2.45) is 29.1 Å². The first kappa shape index (κ1) is 9.11. The lowest BCUT2D eigenvalue weighted by atomic mass is 9.72. The van der Waals surface area contributed by atoms with Gasteiger partial charge in [0.2, 0.25) is 0 Å². The molecule has 0 heterocycles. The molecule has 3 aliphatic rings. The molecule has 0 spiro atoms. The standard InChI is InChI=1S/C12H18F2/c1-11(2,7-3-4-7)8-5-9-10(6-8)12(9,13)14/h7-10H,3-6H2,1-2H3. The maximum absolute atomic E-state index is 13.0. The fourth-order valence-corrected chi connectivity index (χ4v) is 3.58. The molecule has 0 nitrogen and oxygen atoms in total. The zero-order chi connectivity index (χ0) is 10.1. The van der Waals surface area contributed by atoms with Gasteiger partial charge in [-0.3, -0.25) is 0 Å². The highest BCUT2D eigenvalue weighted by molar-refractivity contribution is 5.13. The second-order valence-electron chi connectivity index (χ2n) is 6.15. The van der Waals surface area contributed by atoms with E-state index in [1.54, 1.807) is 0 Å². The summed E-state index contributed by atoms with van der Waals surface area (Å²) in [6.45, 7) is 4.58. The minimum absolute atomic E-state index is 0.245. The van der Waals surface area contributed by atoms with Gasteiger partial charge in [-0.05, 0) is 42.9 Å². The lowest BCUT2D eigenvalue weighted by Crippen LogP contribution is -2.27. The first-order chi connectivity index (χ1) is 6.44. The molecular formula is C12H18F2. The molecular weight excluding hydrogens is 182 g/mol. The molecule has 80 valence electrons. The Morgan fingerprint density at radius 2 is 1.50 bits per heavy atom. The maximum atomic E-state index is 13.0. The molecule has 0 amide bonds. The number of rotatable bonds is 2. The van der Waals surface area contributed by atoms with Gasteiger partial charge in [0.05, 0.1) is 0 Å². The number of alkyl halides is 2. The Morgan fingerprint density at radius 1 is 1.00 bits per heavy atom. The lowest BCUT2D eigenvalue weighted by molar-refractivity contribution is 0.0417.